The van der Waals surface area contributed by atoms with Crippen LogP contribution in [0.2, 0.25) is 0 Å². The van der Waals surface area contributed by atoms with E-state index in [1.165, 1.54) is 5.56 Å². The number of hydrogen-bond donors (Lipinski definition) is 0. The molecule has 3 aromatic carbocycles. The predicted molar refractivity (Wildman–Crippen MR) is 141 cm³/mol. The Balaban J connectivity index is 2.17. The van der Waals surface area contributed by atoms with Gasteiger partial charge in [-0.15, -0.1) is 0 Å². The predicted octanol–water partition coefficient (Wildman–Crippen LogP) is 7.92. The summed E-state index contributed by atoms with van der Waals surface area (Å²) < 4.78 is 35.6. The van der Waals surface area contributed by atoms with Crippen molar-refractivity contribution in [3.63, 3.8) is 0 Å². The fraction of sp³-hybridized carbons (Fsp3) is 0.333. The van der Waals surface area contributed by atoms with Gasteiger partial charge >= 0.3 is 202 Å². The summed E-state index contributed by atoms with van der Waals surface area (Å²) in [5, 5.41) is 0. The second kappa shape index (κ2) is 10.5. The van der Waals surface area contributed by atoms with Gasteiger partial charge < -0.3 is 0 Å². The van der Waals surface area contributed by atoms with E-state index in [2.05, 4.69) is 41.5 Å². The third-order valence-corrected chi connectivity index (χ3v) is 12.7. The Bertz CT molecular complexity index is 1100. The zero-order chi connectivity index (χ0) is 23.5. The molecule has 0 saturated carbocycles. The molecule has 0 amide bonds. The fourth-order valence-electron chi connectivity index (χ4n) is 3.97. The van der Waals surface area contributed by atoms with Gasteiger partial charge in [-0.1, -0.05) is 0 Å². The molecule has 0 aliphatic rings. The molecule has 0 aliphatic carbocycles. The van der Waals surface area contributed by atoms with Gasteiger partial charge in [-0.2, -0.15) is 0 Å². The third kappa shape index (κ3) is 5.43. The third-order valence-electron chi connectivity index (χ3n) is 5.34. The molecule has 3 rings (SSSR count). The van der Waals surface area contributed by atoms with Gasteiger partial charge in [-0.3, -0.25) is 0 Å². The zero-order valence-electron chi connectivity index (χ0n) is 19.7. The molecular formula is C27H33IO3S. The summed E-state index contributed by atoms with van der Waals surface area (Å²) in [7, 11) is -3.96. The van der Waals surface area contributed by atoms with Gasteiger partial charge in [0, 0.05) is 0 Å². The first-order valence-electron chi connectivity index (χ1n) is 11.0. The molecule has 0 unspecified atom stereocenters. The first kappa shape index (κ1) is 24.9. The summed E-state index contributed by atoms with van der Waals surface area (Å²) in [6, 6.07) is 23.2. The van der Waals surface area contributed by atoms with Crippen LogP contribution in [0.4, 0.5) is 0 Å². The Labute approximate surface area is 201 Å². The maximum atomic E-state index is 13.8. The van der Waals surface area contributed by atoms with Crippen molar-refractivity contribution in [1.29, 1.82) is 0 Å². The molecule has 3 aromatic rings. The average Bonchev–Trinajstić information content (AvgIpc) is 2.77. The van der Waals surface area contributed by atoms with Gasteiger partial charge in [0.1, 0.15) is 0 Å². The summed E-state index contributed by atoms with van der Waals surface area (Å²) in [6.07, 6.45) is 0. The van der Waals surface area contributed by atoms with E-state index in [0.717, 1.165) is 18.3 Å². The van der Waals surface area contributed by atoms with E-state index in [1.807, 2.05) is 66.7 Å². The van der Waals surface area contributed by atoms with Crippen LogP contribution in [0.25, 0.3) is 0 Å². The van der Waals surface area contributed by atoms with Crippen molar-refractivity contribution in [2.75, 3.05) is 0 Å². The fourth-order valence-corrected chi connectivity index (χ4v) is 11.3. The molecule has 0 aliphatic heterocycles. The standard InChI is InChI=1S/C27H33IO3S/c1-19(2)24-17-18-25(27(21(5)6)26(24)20(3)4)32(29,30)31-28(22-13-9-7-10-14-22)23-15-11-8-12-16-23/h7-21H,1-6H3. The van der Waals surface area contributed by atoms with Crippen molar-refractivity contribution < 1.29 is 10.9 Å². The van der Waals surface area contributed by atoms with Gasteiger partial charge in [0.25, 0.3) is 0 Å². The molecule has 0 radical (unpaired) electrons. The Kier molecular flexibility index (Phi) is 8.17. The summed E-state index contributed by atoms with van der Waals surface area (Å²) >= 11 is -2.68. The van der Waals surface area contributed by atoms with Crippen molar-refractivity contribution in [1.82, 2.24) is 0 Å². The van der Waals surface area contributed by atoms with Crippen molar-refractivity contribution in [2.45, 2.75) is 64.2 Å². The van der Waals surface area contributed by atoms with Crippen LogP contribution < -0.4 is 0 Å². The normalized spacial score (nSPS) is 12.6. The van der Waals surface area contributed by atoms with Crippen LogP contribution in [0.5, 0.6) is 0 Å². The minimum atomic E-state index is -3.96. The molecule has 172 valence electrons. The monoisotopic (exact) mass is 564 g/mol. The Morgan fingerprint density at radius 3 is 1.50 bits per heavy atom. The van der Waals surface area contributed by atoms with Gasteiger partial charge in [-0.05, 0) is 0 Å². The van der Waals surface area contributed by atoms with Crippen molar-refractivity contribution in [3.05, 3.63) is 96.6 Å². The molecule has 0 atom stereocenters. The molecule has 3 nitrogen and oxygen atoms in total. The molecule has 32 heavy (non-hydrogen) atoms. The molecule has 0 fully saturated rings. The molecule has 0 bridgehead atoms. The summed E-state index contributed by atoms with van der Waals surface area (Å²) in [5.41, 5.74) is 3.24. The minimum absolute atomic E-state index is 0.0650. The van der Waals surface area contributed by atoms with Crippen molar-refractivity contribution >= 4 is 30.4 Å². The Hall–Kier alpha value is -1.70. The Morgan fingerprint density at radius 1 is 0.625 bits per heavy atom. The van der Waals surface area contributed by atoms with Gasteiger partial charge in [0.15, 0.2) is 0 Å². The van der Waals surface area contributed by atoms with Crippen LogP contribution in [-0.2, 0) is 12.6 Å². The van der Waals surface area contributed by atoms with Gasteiger partial charge in [0.05, 0.1) is 0 Å². The number of hydrogen-bond acceptors (Lipinski definition) is 3. The van der Waals surface area contributed by atoms with E-state index in [4.69, 9.17) is 2.51 Å². The van der Waals surface area contributed by atoms with E-state index in [1.54, 1.807) is 6.07 Å². The molecule has 0 N–H and O–H groups in total. The number of benzene rings is 3. The van der Waals surface area contributed by atoms with Crippen LogP contribution in [0.15, 0.2) is 77.7 Å². The quantitative estimate of drug-likeness (QED) is 0.261. The van der Waals surface area contributed by atoms with Crippen LogP contribution in [0, 0.1) is 7.14 Å². The van der Waals surface area contributed by atoms with Crippen molar-refractivity contribution in [2.24, 2.45) is 0 Å². The molecule has 5 heteroatoms. The zero-order valence-corrected chi connectivity index (χ0v) is 22.6. The van der Waals surface area contributed by atoms with Crippen LogP contribution in [-0.4, -0.2) is 8.42 Å². The summed E-state index contributed by atoms with van der Waals surface area (Å²) in [4.78, 5) is 0.315. The number of halogens is 1. The average molecular weight is 565 g/mol. The molecule has 0 saturated heterocycles. The first-order chi connectivity index (χ1) is 15.1. The van der Waals surface area contributed by atoms with Crippen LogP contribution in [0.1, 0.15) is 76.0 Å². The maximum absolute atomic E-state index is 13.8. The molecule has 0 spiro atoms. The first-order valence-corrected chi connectivity index (χ1v) is 15.5. The van der Waals surface area contributed by atoms with Crippen LogP contribution in [0.3, 0.4) is 0 Å². The van der Waals surface area contributed by atoms with E-state index in [0.29, 0.717) is 10.8 Å². The van der Waals surface area contributed by atoms with Gasteiger partial charge in [0.2, 0.25) is 0 Å². The van der Waals surface area contributed by atoms with Crippen LogP contribution >= 0.6 is 20.2 Å². The van der Waals surface area contributed by atoms with E-state index in [-0.39, 0.29) is 11.8 Å². The molecular weight excluding hydrogens is 531 g/mol. The molecule has 0 aromatic heterocycles. The Morgan fingerprint density at radius 2 is 1.09 bits per heavy atom. The van der Waals surface area contributed by atoms with E-state index in [9.17, 15) is 8.42 Å². The second-order valence-electron chi connectivity index (χ2n) is 8.80. The molecule has 0 heterocycles. The second-order valence-corrected chi connectivity index (χ2v) is 15.3. The topological polar surface area (TPSA) is 43.4 Å². The SMILES string of the molecule is CC(C)c1ccc(S(=O)(=O)OI(c2ccccc2)c2ccccc2)c(C(C)C)c1C(C)C. The number of rotatable bonds is 8. The van der Waals surface area contributed by atoms with E-state index < -0.39 is 30.4 Å². The van der Waals surface area contributed by atoms with Crippen molar-refractivity contribution in [3.8, 4) is 0 Å². The summed E-state index contributed by atoms with van der Waals surface area (Å²) in [5.74, 6) is 0.604. The van der Waals surface area contributed by atoms with Gasteiger partial charge in [-0.25, -0.2) is 0 Å². The van der Waals surface area contributed by atoms with E-state index >= 15 is 0 Å². The summed E-state index contributed by atoms with van der Waals surface area (Å²) in [6.45, 7) is 12.7.